The average molecular weight is 506 g/mol. The summed E-state index contributed by atoms with van der Waals surface area (Å²) in [5.74, 6) is 0. The molecule has 0 unspecified atom stereocenters. The minimum atomic E-state index is -4.73. The Kier molecular flexibility index (Phi) is 6.76. The molecule has 0 fully saturated rings. The molecule has 32 heavy (non-hydrogen) atoms. The molecule has 0 bridgehead atoms. The van der Waals surface area contributed by atoms with Crippen LogP contribution in [0.3, 0.4) is 0 Å². The Morgan fingerprint density at radius 3 is 2.50 bits per heavy atom. The Morgan fingerprint density at radius 1 is 1.22 bits per heavy atom. The van der Waals surface area contributed by atoms with Crippen molar-refractivity contribution in [2.75, 3.05) is 12.9 Å². The van der Waals surface area contributed by atoms with Crippen LogP contribution in [0.25, 0.3) is 22.2 Å². The highest BCUT2D eigenvalue weighted by Crippen LogP contribution is 2.40. The molecule has 174 valence electrons. The lowest BCUT2D eigenvalue weighted by Gasteiger charge is -2.16. The lowest BCUT2D eigenvalue weighted by Crippen LogP contribution is -2.22. The molecule has 0 saturated heterocycles. The second kappa shape index (κ2) is 8.77. The van der Waals surface area contributed by atoms with Crippen molar-refractivity contribution >= 4 is 40.4 Å². The summed E-state index contributed by atoms with van der Waals surface area (Å²) < 4.78 is 73.1. The molecule has 0 saturated carbocycles. The highest BCUT2D eigenvalue weighted by atomic mass is 35.5. The number of hydrogen-bond donors (Lipinski definition) is 0. The zero-order chi connectivity index (χ0) is 23.9. The molecule has 2 heterocycles. The smallest absolute Gasteiger partial charge is 0.361 e. The van der Waals surface area contributed by atoms with Gasteiger partial charge in [0.25, 0.3) is 0 Å². The molecule has 3 aromatic rings. The highest BCUT2D eigenvalue weighted by molar-refractivity contribution is 7.91. The van der Waals surface area contributed by atoms with Crippen molar-refractivity contribution in [1.29, 1.82) is 0 Å². The van der Waals surface area contributed by atoms with Gasteiger partial charge in [0.2, 0.25) is 5.28 Å². The summed E-state index contributed by atoms with van der Waals surface area (Å²) in [6.45, 7) is 7.02. The van der Waals surface area contributed by atoms with Gasteiger partial charge in [-0.15, -0.1) is 0 Å². The number of sulfone groups is 1. The SMILES string of the molecule is C[Si](C)(C)CCOCn1cc(-c2nc(Cl)ncc2C(F)(F)F)c2cccc(S(C)(=O)=O)c21. The number of hydrogen-bond acceptors (Lipinski definition) is 5. The van der Waals surface area contributed by atoms with E-state index in [0.717, 1.165) is 12.3 Å². The quantitative estimate of drug-likeness (QED) is 0.241. The predicted molar refractivity (Wildman–Crippen MR) is 120 cm³/mol. The van der Waals surface area contributed by atoms with Gasteiger partial charge >= 0.3 is 6.18 Å². The molecule has 3 rings (SSSR count). The second-order valence-electron chi connectivity index (χ2n) is 8.68. The molecule has 2 aromatic heterocycles. The molecule has 0 radical (unpaired) electrons. The third-order valence-electron chi connectivity index (χ3n) is 4.81. The molecule has 0 atom stereocenters. The van der Waals surface area contributed by atoms with E-state index in [1.165, 1.54) is 22.9 Å². The van der Waals surface area contributed by atoms with Gasteiger partial charge in [-0.2, -0.15) is 13.2 Å². The third-order valence-corrected chi connectivity index (χ3v) is 7.82. The lowest BCUT2D eigenvalue weighted by atomic mass is 10.1. The lowest BCUT2D eigenvalue weighted by molar-refractivity contribution is -0.137. The van der Waals surface area contributed by atoms with Crippen LogP contribution in [0.4, 0.5) is 13.2 Å². The van der Waals surface area contributed by atoms with Crippen LogP contribution in [-0.2, 0) is 27.5 Å². The Hall–Kier alpha value is -1.95. The molecule has 0 aliphatic heterocycles. The summed E-state index contributed by atoms with van der Waals surface area (Å²) in [6.07, 6.45) is -1.63. The second-order valence-corrected chi connectivity index (χ2v) is 16.6. The van der Waals surface area contributed by atoms with Crippen molar-refractivity contribution in [2.45, 2.75) is 43.5 Å². The molecule has 12 heteroatoms. The number of fused-ring (bicyclic) bond motifs is 1. The van der Waals surface area contributed by atoms with Crippen molar-refractivity contribution < 1.29 is 26.3 Å². The molecule has 0 spiro atoms. The molecule has 6 nitrogen and oxygen atoms in total. The molecule has 0 aliphatic carbocycles. The normalized spacial score (nSPS) is 13.1. The summed E-state index contributed by atoms with van der Waals surface area (Å²) in [6, 6.07) is 5.33. The van der Waals surface area contributed by atoms with Crippen LogP contribution >= 0.6 is 11.6 Å². The molecular formula is C20H23ClF3N3O3SSi. The van der Waals surface area contributed by atoms with Gasteiger partial charge in [0.15, 0.2) is 9.84 Å². The Bertz CT molecular complexity index is 1250. The number of para-hydroxylation sites is 1. The summed E-state index contributed by atoms with van der Waals surface area (Å²) in [5.41, 5.74) is -1.14. The molecular weight excluding hydrogens is 483 g/mol. The Labute approximate surface area is 190 Å². The zero-order valence-corrected chi connectivity index (χ0v) is 20.6. The number of benzene rings is 1. The number of halogens is 4. The van der Waals surface area contributed by atoms with Crippen LogP contribution in [-0.4, -0.2) is 43.9 Å². The fraction of sp³-hybridized carbons (Fsp3) is 0.400. The third kappa shape index (κ3) is 5.51. The summed E-state index contributed by atoms with van der Waals surface area (Å²) in [5, 5.41) is -0.0541. The minimum Gasteiger partial charge on any atom is -0.361 e. The van der Waals surface area contributed by atoms with E-state index in [4.69, 9.17) is 16.3 Å². The first-order valence-corrected chi connectivity index (χ1v) is 15.7. The monoisotopic (exact) mass is 505 g/mol. The van der Waals surface area contributed by atoms with Gasteiger partial charge in [-0.3, -0.25) is 0 Å². The van der Waals surface area contributed by atoms with Gasteiger partial charge in [-0.1, -0.05) is 31.8 Å². The van der Waals surface area contributed by atoms with E-state index in [1.807, 2.05) is 0 Å². The van der Waals surface area contributed by atoms with E-state index in [0.29, 0.717) is 18.2 Å². The first-order valence-electron chi connectivity index (χ1n) is 9.68. The van der Waals surface area contributed by atoms with Gasteiger partial charge in [0, 0.05) is 44.3 Å². The molecule has 0 N–H and O–H groups in total. The predicted octanol–water partition coefficient (Wildman–Crippen LogP) is 5.49. The first kappa shape index (κ1) is 24.7. The van der Waals surface area contributed by atoms with E-state index >= 15 is 0 Å². The van der Waals surface area contributed by atoms with Gasteiger partial charge in [0.1, 0.15) is 12.3 Å². The summed E-state index contributed by atoms with van der Waals surface area (Å²) in [4.78, 5) is 7.29. The summed E-state index contributed by atoms with van der Waals surface area (Å²) >= 11 is 5.81. The topological polar surface area (TPSA) is 74.1 Å². The van der Waals surface area contributed by atoms with E-state index < -0.39 is 35.3 Å². The maximum atomic E-state index is 13.7. The zero-order valence-electron chi connectivity index (χ0n) is 18.0. The van der Waals surface area contributed by atoms with E-state index in [2.05, 4.69) is 29.6 Å². The number of aromatic nitrogens is 3. The maximum absolute atomic E-state index is 13.7. The fourth-order valence-corrected chi connectivity index (χ4v) is 5.02. The van der Waals surface area contributed by atoms with E-state index in [9.17, 15) is 21.6 Å². The number of ether oxygens (including phenoxy) is 1. The van der Waals surface area contributed by atoms with E-state index in [1.54, 1.807) is 6.07 Å². The van der Waals surface area contributed by atoms with Crippen molar-refractivity contribution in [3.05, 3.63) is 41.4 Å². The van der Waals surface area contributed by atoms with Crippen LogP contribution in [0.1, 0.15) is 5.56 Å². The van der Waals surface area contributed by atoms with Gasteiger partial charge in [-0.05, 0) is 23.7 Å². The largest absolute Gasteiger partial charge is 0.419 e. The van der Waals surface area contributed by atoms with Crippen LogP contribution in [0.5, 0.6) is 0 Å². The molecule has 0 aliphatic rings. The van der Waals surface area contributed by atoms with Crippen LogP contribution in [0.15, 0.2) is 35.5 Å². The van der Waals surface area contributed by atoms with Crippen molar-refractivity contribution in [3.8, 4) is 11.3 Å². The number of rotatable bonds is 7. The average Bonchev–Trinajstić information content (AvgIpc) is 3.01. The Morgan fingerprint density at radius 2 is 1.91 bits per heavy atom. The van der Waals surface area contributed by atoms with Crippen molar-refractivity contribution in [2.24, 2.45) is 0 Å². The minimum absolute atomic E-state index is 0.0104. The fourth-order valence-electron chi connectivity index (χ4n) is 3.23. The molecule has 1 aromatic carbocycles. The van der Waals surface area contributed by atoms with Crippen molar-refractivity contribution in [1.82, 2.24) is 14.5 Å². The Balaban J connectivity index is 2.21. The van der Waals surface area contributed by atoms with Gasteiger partial charge in [0.05, 0.1) is 16.1 Å². The number of alkyl halides is 3. The van der Waals surface area contributed by atoms with Crippen LogP contribution in [0, 0.1) is 0 Å². The summed E-state index contributed by atoms with van der Waals surface area (Å²) in [7, 11) is -5.03. The maximum Gasteiger partial charge on any atom is 0.419 e. The van der Waals surface area contributed by atoms with Gasteiger partial charge in [-0.25, -0.2) is 18.4 Å². The van der Waals surface area contributed by atoms with Crippen LogP contribution < -0.4 is 0 Å². The van der Waals surface area contributed by atoms with Crippen molar-refractivity contribution in [3.63, 3.8) is 0 Å². The highest BCUT2D eigenvalue weighted by Gasteiger charge is 2.36. The van der Waals surface area contributed by atoms with Crippen LogP contribution in [0.2, 0.25) is 31.0 Å². The number of nitrogens with zero attached hydrogens (tertiary/aromatic N) is 3. The van der Waals surface area contributed by atoms with E-state index in [-0.39, 0.29) is 28.0 Å². The first-order chi connectivity index (χ1) is 14.7. The molecule has 0 amide bonds. The standard InChI is InChI=1S/C20H23ClF3N3O3SSi/c1-31(28,29)16-7-5-6-13-14(17-15(20(22,23)24)10-25-19(21)26-17)11-27(18(13)16)12-30-8-9-32(2,3)4/h5-7,10-11H,8-9,12H2,1-4H3. The van der Waals surface area contributed by atoms with Gasteiger partial charge < -0.3 is 9.30 Å².